The zero-order valence-electron chi connectivity index (χ0n) is 31.6. The predicted molar refractivity (Wildman–Crippen MR) is 244 cm³/mol. The molecule has 2 heteroatoms. The van der Waals surface area contributed by atoms with E-state index in [2.05, 4.69) is 217 Å². The van der Waals surface area contributed by atoms with Gasteiger partial charge in [0.15, 0.2) is 0 Å². The van der Waals surface area contributed by atoms with E-state index in [1.54, 1.807) is 0 Å². The van der Waals surface area contributed by atoms with E-state index in [0.717, 1.165) is 0 Å². The van der Waals surface area contributed by atoms with Crippen molar-refractivity contribution in [3.8, 4) is 55.6 Å². The Morgan fingerprint density at radius 1 is 0.276 bits per heavy atom. The third-order valence-electron chi connectivity index (χ3n) is 12.7. The second-order valence-electron chi connectivity index (χ2n) is 15.6. The van der Waals surface area contributed by atoms with Crippen LogP contribution in [0.5, 0.6) is 0 Å². The number of rotatable bonds is 2. The average Bonchev–Trinajstić information content (AvgIpc) is 3.52. The maximum atomic E-state index is 2.62. The first-order valence-electron chi connectivity index (χ1n) is 20.1. The van der Waals surface area contributed by atoms with Crippen LogP contribution >= 0.6 is 10.0 Å². The molecular weight excluding hydrogens is 719 g/mol. The summed E-state index contributed by atoms with van der Waals surface area (Å²) >= 11 is 0. The minimum absolute atomic E-state index is 1.21. The highest BCUT2D eigenvalue weighted by atomic mass is 32.3. The average molecular weight is 754 g/mol. The summed E-state index contributed by atoms with van der Waals surface area (Å²) in [5, 5.41) is 5.05. The lowest BCUT2D eigenvalue weighted by molar-refractivity contribution is 1.14. The molecule has 0 radical (unpaired) electrons. The Labute approximate surface area is 339 Å². The van der Waals surface area contributed by atoms with E-state index in [1.807, 2.05) is 0 Å². The van der Waals surface area contributed by atoms with Crippen LogP contribution in [0.25, 0.3) is 77.2 Å². The zero-order chi connectivity index (χ0) is 38.0. The topological polar surface area (TPSA) is 3.24 Å². The van der Waals surface area contributed by atoms with Crippen LogP contribution in [0, 0.1) is 0 Å². The number of hydrogen-bond acceptors (Lipinski definition) is 1. The van der Waals surface area contributed by atoms with Crippen LogP contribution in [0.15, 0.2) is 232 Å². The molecule has 1 spiro atoms. The molecule has 3 aliphatic heterocycles. The van der Waals surface area contributed by atoms with Crippen molar-refractivity contribution in [2.45, 2.75) is 19.6 Å². The van der Waals surface area contributed by atoms with E-state index in [-0.39, 0.29) is 0 Å². The van der Waals surface area contributed by atoms with Gasteiger partial charge in [-0.2, -0.15) is 0 Å². The number of benzene rings is 10. The molecule has 13 rings (SSSR count). The number of hydrogen-bond donors (Lipinski definition) is 0. The van der Waals surface area contributed by atoms with E-state index in [1.165, 1.54) is 114 Å². The van der Waals surface area contributed by atoms with Gasteiger partial charge in [0, 0.05) is 30.7 Å². The molecule has 58 heavy (non-hydrogen) atoms. The molecule has 3 heterocycles. The monoisotopic (exact) mass is 753 g/mol. The smallest absolute Gasteiger partial charge is 0.0671 e. The summed E-state index contributed by atoms with van der Waals surface area (Å²) in [6.45, 7) is 0. The number of anilines is 3. The van der Waals surface area contributed by atoms with Crippen LogP contribution in [0.2, 0.25) is 0 Å². The Morgan fingerprint density at radius 3 is 1.43 bits per heavy atom. The van der Waals surface area contributed by atoms with E-state index in [4.69, 9.17) is 0 Å². The molecule has 0 bridgehead atoms. The van der Waals surface area contributed by atoms with Crippen LogP contribution in [0.4, 0.5) is 17.1 Å². The van der Waals surface area contributed by atoms with Gasteiger partial charge in [-0.25, -0.2) is 0 Å². The van der Waals surface area contributed by atoms with E-state index >= 15 is 0 Å². The molecule has 0 amide bonds. The fraction of sp³-hybridized carbons (Fsp3) is 0. The molecule has 3 aliphatic rings. The zero-order valence-corrected chi connectivity index (χ0v) is 32.4. The SMILES string of the molecule is c1ccc2c(c1)-c1ccccc1N1c3ccc(-c4cccc5ccccc45)cc3S3(c4ccccc4-c4ccccc43)c3cc(-c4cccc5ccccc45)cc-2c31. The predicted octanol–water partition coefficient (Wildman–Crippen LogP) is 16.1. The van der Waals surface area contributed by atoms with Crippen molar-refractivity contribution < 1.29 is 0 Å². The van der Waals surface area contributed by atoms with Gasteiger partial charge < -0.3 is 4.90 Å². The Balaban J connectivity index is 1.25. The van der Waals surface area contributed by atoms with Crippen LogP contribution in [0.1, 0.15) is 0 Å². The molecule has 0 aromatic heterocycles. The standard InChI is InChI=1S/C56H35NS/c1-3-19-40-36(15-1)17-13-26-42(40)38-31-32-51-54(34-38)58(52-29-11-8-24-47(52)48-25-9-12-30-53(48)58)55-35-39(43-27-14-18-37-16-2-4-20-41(37)43)33-49-45-22-6-5-21-44(45)46-23-7-10-28-50(46)57(51)56(49)55/h1-35H. The van der Waals surface area contributed by atoms with E-state index < -0.39 is 10.0 Å². The van der Waals surface area contributed by atoms with Gasteiger partial charge in [-0.05, 0) is 109 Å². The van der Waals surface area contributed by atoms with Gasteiger partial charge in [-0.3, -0.25) is 0 Å². The van der Waals surface area contributed by atoms with Crippen molar-refractivity contribution in [3.05, 3.63) is 212 Å². The first kappa shape index (κ1) is 32.0. The highest BCUT2D eigenvalue weighted by Gasteiger charge is 2.50. The lowest BCUT2D eigenvalue weighted by Gasteiger charge is -2.49. The summed E-state index contributed by atoms with van der Waals surface area (Å²) in [6, 6.07) is 80.3. The molecule has 10 aromatic rings. The largest absolute Gasteiger partial charge is 0.307 e. The lowest BCUT2D eigenvalue weighted by Crippen LogP contribution is -2.21. The van der Waals surface area contributed by atoms with Gasteiger partial charge in [-0.15, -0.1) is 10.0 Å². The second kappa shape index (κ2) is 11.9. The lowest BCUT2D eigenvalue weighted by atomic mass is 9.91. The highest BCUT2D eigenvalue weighted by Crippen LogP contribution is 2.85. The van der Waals surface area contributed by atoms with Crippen molar-refractivity contribution >= 4 is 48.6 Å². The maximum absolute atomic E-state index is 2.62. The number of nitrogens with zero attached hydrogens (tertiary/aromatic N) is 1. The summed E-state index contributed by atoms with van der Waals surface area (Å²) in [5.41, 5.74) is 16.4. The summed E-state index contributed by atoms with van der Waals surface area (Å²) in [7, 11) is -2.06. The Bertz CT molecular complexity index is 3320. The second-order valence-corrected chi connectivity index (χ2v) is 18.6. The molecule has 0 atom stereocenters. The quantitative estimate of drug-likeness (QED) is 0.170. The Hall–Kier alpha value is -7.13. The first-order valence-corrected chi connectivity index (χ1v) is 21.7. The molecule has 0 aliphatic carbocycles. The van der Waals surface area contributed by atoms with Crippen molar-refractivity contribution in [2.75, 3.05) is 4.90 Å². The van der Waals surface area contributed by atoms with Crippen LogP contribution < -0.4 is 4.90 Å². The van der Waals surface area contributed by atoms with E-state index in [0.29, 0.717) is 0 Å². The fourth-order valence-electron chi connectivity index (χ4n) is 10.3. The molecule has 0 N–H and O–H groups in total. The molecular formula is C56H35NS. The Morgan fingerprint density at radius 2 is 0.759 bits per heavy atom. The molecule has 270 valence electrons. The van der Waals surface area contributed by atoms with Crippen molar-refractivity contribution in [3.63, 3.8) is 0 Å². The maximum Gasteiger partial charge on any atom is 0.0671 e. The van der Waals surface area contributed by atoms with Crippen LogP contribution in [-0.2, 0) is 0 Å². The first-order chi connectivity index (χ1) is 28.8. The highest BCUT2D eigenvalue weighted by molar-refractivity contribution is 8.34. The summed E-state index contributed by atoms with van der Waals surface area (Å²) < 4.78 is 0. The van der Waals surface area contributed by atoms with Crippen LogP contribution in [-0.4, -0.2) is 0 Å². The van der Waals surface area contributed by atoms with Gasteiger partial charge in [0.1, 0.15) is 0 Å². The molecule has 0 fully saturated rings. The van der Waals surface area contributed by atoms with E-state index in [9.17, 15) is 0 Å². The normalized spacial score (nSPS) is 14.2. The van der Waals surface area contributed by atoms with Gasteiger partial charge in [0.2, 0.25) is 0 Å². The minimum Gasteiger partial charge on any atom is -0.307 e. The minimum atomic E-state index is -2.06. The van der Waals surface area contributed by atoms with Crippen molar-refractivity contribution in [1.29, 1.82) is 0 Å². The summed E-state index contributed by atoms with van der Waals surface area (Å²) in [5.74, 6) is 0. The fourth-order valence-corrected chi connectivity index (χ4v) is 14.9. The van der Waals surface area contributed by atoms with Gasteiger partial charge in [0.25, 0.3) is 0 Å². The Kier molecular flexibility index (Phi) is 6.59. The van der Waals surface area contributed by atoms with Crippen molar-refractivity contribution in [2.24, 2.45) is 0 Å². The number of para-hydroxylation sites is 1. The summed E-state index contributed by atoms with van der Waals surface area (Å²) in [6.07, 6.45) is 0. The van der Waals surface area contributed by atoms with Gasteiger partial charge >= 0.3 is 0 Å². The van der Waals surface area contributed by atoms with Gasteiger partial charge in [0.05, 0.1) is 17.1 Å². The van der Waals surface area contributed by atoms with Crippen molar-refractivity contribution in [1.82, 2.24) is 0 Å². The molecule has 0 saturated carbocycles. The molecule has 10 aromatic carbocycles. The third kappa shape index (κ3) is 4.17. The molecule has 0 unspecified atom stereocenters. The molecule has 0 saturated heterocycles. The third-order valence-corrected chi connectivity index (χ3v) is 16.7. The van der Waals surface area contributed by atoms with Crippen LogP contribution in [0.3, 0.4) is 0 Å². The molecule has 1 nitrogen and oxygen atoms in total. The number of fused-ring (bicyclic) bond motifs is 16. The summed E-state index contributed by atoms with van der Waals surface area (Å²) in [4.78, 5) is 8.21. The van der Waals surface area contributed by atoms with Gasteiger partial charge in [-0.1, -0.05) is 170 Å².